The van der Waals surface area contributed by atoms with Crippen LogP contribution in [0.15, 0.2) is 78.9 Å². The first kappa shape index (κ1) is 26.2. The molecule has 4 heterocycles. The van der Waals surface area contributed by atoms with Crippen molar-refractivity contribution < 1.29 is 19.1 Å². The Hall–Kier alpha value is -4.72. The van der Waals surface area contributed by atoms with E-state index in [1.807, 2.05) is 54.1 Å². The molecule has 0 radical (unpaired) electrons. The molecular formula is C34H32N4O4. The topological polar surface area (TPSA) is 84.7 Å². The maximum Gasteiger partial charge on any atom is 0.338 e. The lowest BCUT2D eigenvalue weighted by molar-refractivity contribution is -0.125. The van der Waals surface area contributed by atoms with Crippen LogP contribution in [0.3, 0.4) is 0 Å². The molecular weight excluding hydrogens is 528 g/mol. The van der Waals surface area contributed by atoms with Gasteiger partial charge in [0.25, 0.3) is 5.91 Å². The minimum Gasteiger partial charge on any atom is -0.462 e. The fourth-order valence-electron chi connectivity index (χ4n) is 7.17. The Labute approximate surface area is 244 Å². The van der Waals surface area contributed by atoms with E-state index in [4.69, 9.17) is 9.84 Å². The molecule has 1 spiro atoms. The molecule has 0 N–H and O–H groups in total. The summed E-state index contributed by atoms with van der Waals surface area (Å²) in [5, 5.41) is 4.99. The summed E-state index contributed by atoms with van der Waals surface area (Å²) in [5.74, 6) is 0.0201. The van der Waals surface area contributed by atoms with Crippen molar-refractivity contribution in [2.45, 2.75) is 51.0 Å². The number of carbonyl (C=O) groups is 3. The number of amides is 2. The summed E-state index contributed by atoms with van der Waals surface area (Å²) in [6, 6.07) is 24.1. The highest BCUT2D eigenvalue weighted by Gasteiger charge is 2.60. The Morgan fingerprint density at radius 1 is 0.952 bits per heavy atom. The normalized spacial score (nSPS) is 21.1. The molecule has 1 saturated heterocycles. The summed E-state index contributed by atoms with van der Waals surface area (Å²) in [5.41, 5.74) is 4.05. The molecule has 7 rings (SSSR count). The SMILES string of the molecule is CCOC(=O)c1ccc(N2C(=O)c3ccccc3[C@@]3(Cc4c(C)nn(-c5ccccc5)c4N4CCCC[C@@H]43)C2=O)cc1. The lowest BCUT2D eigenvalue weighted by Crippen LogP contribution is -2.67. The molecule has 0 unspecified atom stereocenters. The number of hydrogen-bond acceptors (Lipinski definition) is 6. The van der Waals surface area contributed by atoms with Crippen molar-refractivity contribution in [1.82, 2.24) is 9.78 Å². The number of fused-ring (bicyclic) bond motifs is 6. The summed E-state index contributed by atoms with van der Waals surface area (Å²) >= 11 is 0. The van der Waals surface area contributed by atoms with Crippen molar-refractivity contribution in [2.24, 2.45) is 0 Å². The molecule has 1 aromatic heterocycles. The first-order valence-corrected chi connectivity index (χ1v) is 14.6. The van der Waals surface area contributed by atoms with Gasteiger partial charge in [-0.2, -0.15) is 5.10 Å². The molecule has 0 saturated carbocycles. The van der Waals surface area contributed by atoms with Crippen molar-refractivity contribution in [2.75, 3.05) is 23.0 Å². The maximum atomic E-state index is 15.0. The van der Waals surface area contributed by atoms with E-state index in [-0.39, 0.29) is 24.5 Å². The molecule has 0 bridgehead atoms. The van der Waals surface area contributed by atoms with Crippen molar-refractivity contribution >= 4 is 29.3 Å². The second-order valence-corrected chi connectivity index (χ2v) is 11.2. The van der Waals surface area contributed by atoms with Crippen LogP contribution >= 0.6 is 0 Å². The van der Waals surface area contributed by atoms with Crippen LogP contribution < -0.4 is 9.80 Å². The average molecular weight is 561 g/mol. The third-order valence-electron chi connectivity index (χ3n) is 9.02. The van der Waals surface area contributed by atoms with E-state index in [9.17, 15) is 9.59 Å². The van der Waals surface area contributed by atoms with Crippen LogP contribution in [0.25, 0.3) is 5.69 Å². The highest BCUT2D eigenvalue weighted by Crippen LogP contribution is 2.52. The van der Waals surface area contributed by atoms with Gasteiger partial charge in [0.15, 0.2) is 0 Å². The number of hydrogen-bond donors (Lipinski definition) is 0. The monoisotopic (exact) mass is 560 g/mol. The Morgan fingerprint density at radius 3 is 2.45 bits per heavy atom. The summed E-state index contributed by atoms with van der Waals surface area (Å²) in [6.45, 7) is 4.83. The Morgan fingerprint density at radius 2 is 1.69 bits per heavy atom. The smallest absolute Gasteiger partial charge is 0.338 e. The molecule has 42 heavy (non-hydrogen) atoms. The Bertz CT molecular complexity index is 1710. The predicted molar refractivity (Wildman–Crippen MR) is 159 cm³/mol. The van der Waals surface area contributed by atoms with Gasteiger partial charge < -0.3 is 9.64 Å². The number of para-hydroxylation sites is 1. The van der Waals surface area contributed by atoms with Gasteiger partial charge in [-0.25, -0.2) is 14.4 Å². The molecule has 0 aliphatic carbocycles. The fourth-order valence-corrected chi connectivity index (χ4v) is 7.17. The number of aryl methyl sites for hydroxylation is 1. The number of benzene rings is 3. The number of carbonyl (C=O) groups excluding carboxylic acids is 3. The highest BCUT2D eigenvalue weighted by molar-refractivity contribution is 6.28. The van der Waals surface area contributed by atoms with E-state index in [1.54, 1.807) is 31.2 Å². The van der Waals surface area contributed by atoms with E-state index in [0.29, 0.717) is 23.2 Å². The number of esters is 1. The van der Waals surface area contributed by atoms with Gasteiger partial charge in [-0.3, -0.25) is 9.59 Å². The molecule has 3 aromatic carbocycles. The van der Waals surface area contributed by atoms with Crippen LogP contribution in [-0.2, 0) is 21.4 Å². The lowest BCUT2D eigenvalue weighted by Gasteiger charge is -2.54. The summed E-state index contributed by atoms with van der Waals surface area (Å²) < 4.78 is 7.15. The average Bonchev–Trinajstić information content (AvgIpc) is 3.37. The third kappa shape index (κ3) is 3.74. The van der Waals surface area contributed by atoms with Crippen molar-refractivity contribution in [3.8, 4) is 5.69 Å². The largest absolute Gasteiger partial charge is 0.462 e. The molecule has 3 aliphatic heterocycles. The number of anilines is 2. The number of nitrogens with zero attached hydrogens (tertiary/aromatic N) is 4. The zero-order valence-electron chi connectivity index (χ0n) is 23.7. The maximum absolute atomic E-state index is 15.0. The first-order valence-electron chi connectivity index (χ1n) is 14.6. The molecule has 8 heteroatoms. The second kappa shape index (κ2) is 9.98. The summed E-state index contributed by atoms with van der Waals surface area (Å²) in [6.07, 6.45) is 3.28. The molecule has 3 aliphatic rings. The number of aromatic nitrogens is 2. The molecule has 2 amide bonds. The van der Waals surface area contributed by atoms with Gasteiger partial charge in [0, 0.05) is 23.7 Å². The molecule has 1 fully saturated rings. The van der Waals surface area contributed by atoms with Crippen LogP contribution in [-0.4, -0.2) is 46.8 Å². The minimum atomic E-state index is -0.979. The number of imide groups is 1. The second-order valence-electron chi connectivity index (χ2n) is 11.2. The van der Waals surface area contributed by atoms with Crippen LogP contribution in [0.1, 0.15) is 63.7 Å². The van der Waals surface area contributed by atoms with Crippen molar-refractivity contribution in [3.63, 3.8) is 0 Å². The third-order valence-corrected chi connectivity index (χ3v) is 9.02. The number of rotatable bonds is 4. The van der Waals surface area contributed by atoms with E-state index in [2.05, 4.69) is 17.0 Å². The van der Waals surface area contributed by atoms with Crippen LogP contribution in [0.4, 0.5) is 11.5 Å². The quantitative estimate of drug-likeness (QED) is 0.246. The van der Waals surface area contributed by atoms with E-state index in [0.717, 1.165) is 54.1 Å². The molecule has 212 valence electrons. The van der Waals surface area contributed by atoms with Gasteiger partial charge in [0.1, 0.15) is 11.2 Å². The Kier molecular flexibility index (Phi) is 6.22. The fraction of sp³-hybridized carbons (Fsp3) is 0.294. The summed E-state index contributed by atoms with van der Waals surface area (Å²) in [4.78, 5) is 45.0. The van der Waals surface area contributed by atoms with Gasteiger partial charge >= 0.3 is 5.97 Å². The lowest BCUT2D eigenvalue weighted by atomic mass is 9.61. The van der Waals surface area contributed by atoms with Gasteiger partial charge in [-0.15, -0.1) is 0 Å². The number of piperidine rings is 1. The highest BCUT2D eigenvalue weighted by atomic mass is 16.5. The van der Waals surface area contributed by atoms with Crippen molar-refractivity contribution in [1.29, 1.82) is 0 Å². The van der Waals surface area contributed by atoms with Crippen LogP contribution in [0, 0.1) is 6.92 Å². The van der Waals surface area contributed by atoms with Gasteiger partial charge in [-0.1, -0.05) is 36.4 Å². The first-order chi connectivity index (χ1) is 20.5. The molecule has 4 aromatic rings. The van der Waals surface area contributed by atoms with E-state index >= 15 is 4.79 Å². The van der Waals surface area contributed by atoms with Gasteiger partial charge in [-0.05, 0) is 87.6 Å². The minimum absolute atomic E-state index is 0.152. The molecule has 2 atom stereocenters. The standard InChI is InChI=1S/C34H32N4O4/c1-3-42-32(40)23-16-18-24(19-17-23)37-31(39)26-13-7-8-14-28(26)34(33(37)41)21-27-22(2)35-38(25-11-5-4-6-12-25)30(27)36-20-10-9-15-29(34)36/h4-8,11-14,16-19,29H,3,9-10,15,20-21H2,1-2H3/t29-,34-/m1/s1. The van der Waals surface area contributed by atoms with Crippen molar-refractivity contribution in [3.05, 3.63) is 107 Å². The zero-order valence-corrected chi connectivity index (χ0v) is 23.7. The van der Waals surface area contributed by atoms with E-state index in [1.165, 1.54) is 4.90 Å². The number of ether oxygens (including phenoxy) is 1. The van der Waals surface area contributed by atoms with Gasteiger partial charge in [0.2, 0.25) is 5.91 Å². The predicted octanol–water partition coefficient (Wildman–Crippen LogP) is 5.40. The van der Waals surface area contributed by atoms with Crippen LogP contribution in [0.5, 0.6) is 0 Å². The Balaban J connectivity index is 1.41. The molecule has 8 nitrogen and oxygen atoms in total. The zero-order chi connectivity index (χ0) is 29.0. The van der Waals surface area contributed by atoms with Crippen LogP contribution in [0.2, 0.25) is 0 Å². The van der Waals surface area contributed by atoms with Gasteiger partial charge in [0.05, 0.1) is 29.2 Å². The van der Waals surface area contributed by atoms with E-state index < -0.39 is 11.4 Å². The summed E-state index contributed by atoms with van der Waals surface area (Å²) in [7, 11) is 0.